The zero-order chi connectivity index (χ0) is 22.7. The third-order valence-electron chi connectivity index (χ3n) is 4.41. The van der Waals surface area contributed by atoms with Gasteiger partial charge in [0, 0.05) is 9.82 Å². The molecule has 2 rings (SSSR count). The van der Waals surface area contributed by atoms with Gasteiger partial charge >= 0.3 is 0 Å². The van der Waals surface area contributed by atoms with Crippen LogP contribution in [0, 0.1) is 0 Å². The zero-order valence-corrected chi connectivity index (χ0v) is 17.9. The molecule has 10 heteroatoms. The zero-order valence-electron chi connectivity index (χ0n) is 17.9. The summed E-state index contributed by atoms with van der Waals surface area (Å²) >= 11 is 0. The largest absolute Gasteiger partial charge is 0.374 e. The number of azide groups is 2. The Morgan fingerprint density at radius 2 is 1.03 bits per heavy atom. The first-order valence-electron chi connectivity index (χ1n) is 10.3. The van der Waals surface area contributed by atoms with Crippen molar-refractivity contribution in [2.45, 2.75) is 25.4 Å². The monoisotopic (exact) mass is 440 g/mol. The molecule has 32 heavy (non-hydrogen) atoms. The Bertz CT molecular complexity index is 771. The van der Waals surface area contributed by atoms with Crippen LogP contribution in [0.2, 0.25) is 0 Å². The van der Waals surface area contributed by atoms with Crippen molar-refractivity contribution in [1.82, 2.24) is 0 Å². The van der Waals surface area contributed by atoms with E-state index in [1.54, 1.807) is 0 Å². The highest BCUT2D eigenvalue weighted by atomic mass is 16.6. The maximum absolute atomic E-state index is 8.70. The van der Waals surface area contributed by atoms with E-state index in [1.807, 2.05) is 60.7 Å². The molecule has 2 aromatic carbocycles. The van der Waals surface area contributed by atoms with Crippen LogP contribution in [-0.4, -0.2) is 51.7 Å². The predicted octanol–water partition coefficient (Wildman–Crippen LogP) is 4.81. The minimum Gasteiger partial charge on any atom is -0.374 e. The summed E-state index contributed by atoms with van der Waals surface area (Å²) in [6.45, 7) is 2.31. The van der Waals surface area contributed by atoms with Crippen LogP contribution in [-0.2, 0) is 32.2 Å². The molecular formula is C22H28N6O4. The van der Waals surface area contributed by atoms with Crippen LogP contribution in [0.4, 0.5) is 0 Å². The van der Waals surface area contributed by atoms with Crippen molar-refractivity contribution in [3.63, 3.8) is 0 Å². The third-order valence-corrected chi connectivity index (χ3v) is 4.41. The molecule has 0 saturated carbocycles. The average Bonchev–Trinajstić information content (AvgIpc) is 2.84. The third kappa shape index (κ3) is 10.8. The van der Waals surface area contributed by atoms with E-state index in [0.717, 1.165) is 11.1 Å². The molecule has 0 unspecified atom stereocenters. The topological polar surface area (TPSA) is 134 Å². The fourth-order valence-electron chi connectivity index (χ4n) is 2.83. The summed E-state index contributed by atoms with van der Waals surface area (Å²) in [6.07, 6.45) is -1.16. The van der Waals surface area contributed by atoms with Gasteiger partial charge in [-0.15, -0.1) is 0 Å². The van der Waals surface area contributed by atoms with Gasteiger partial charge in [0.25, 0.3) is 0 Å². The van der Waals surface area contributed by atoms with Gasteiger partial charge in [0.15, 0.2) is 0 Å². The van der Waals surface area contributed by atoms with Crippen LogP contribution < -0.4 is 0 Å². The van der Waals surface area contributed by atoms with Crippen molar-refractivity contribution in [3.8, 4) is 0 Å². The number of hydrogen-bond donors (Lipinski definition) is 0. The summed E-state index contributed by atoms with van der Waals surface area (Å²) in [5.74, 6) is 0. The van der Waals surface area contributed by atoms with Crippen molar-refractivity contribution in [1.29, 1.82) is 0 Å². The van der Waals surface area contributed by atoms with Crippen LogP contribution in [0.3, 0.4) is 0 Å². The molecule has 10 nitrogen and oxygen atoms in total. The molecule has 0 aromatic heterocycles. The molecule has 2 aromatic rings. The summed E-state index contributed by atoms with van der Waals surface area (Å²) in [7, 11) is 0. The Morgan fingerprint density at radius 3 is 1.41 bits per heavy atom. The Labute approximate surface area is 187 Å². The van der Waals surface area contributed by atoms with E-state index in [0.29, 0.717) is 26.4 Å². The highest BCUT2D eigenvalue weighted by Gasteiger charge is 2.22. The van der Waals surface area contributed by atoms with Gasteiger partial charge in [-0.3, -0.25) is 0 Å². The van der Waals surface area contributed by atoms with Gasteiger partial charge < -0.3 is 18.9 Å². The van der Waals surface area contributed by atoms with Crippen LogP contribution in [0.15, 0.2) is 70.9 Å². The van der Waals surface area contributed by atoms with Crippen molar-refractivity contribution in [2.75, 3.05) is 39.5 Å². The highest BCUT2D eigenvalue weighted by Crippen LogP contribution is 2.09. The van der Waals surface area contributed by atoms with E-state index in [1.165, 1.54) is 0 Å². The molecule has 0 heterocycles. The number of ether oxygens (including phenoxy) is 4. The first kappa shape index (κ1) is 25.2. The maximum Gasteiger partial charge on any atom is 0.0895 e. The fraction of sp³-hybridized carbons (Fsp3) is 0.455. The second-order valence-corrected chi connectivity index (χ2v) is 6.72. The Hall–Kier alpha value is -3.10. The number of rotatable bonds is 17. The predicted molar refractivity (Wildman–Crippen MR) is 120 cm³/mol. The van der Waals surface area contributed by atoms with E-state index in [4.69, 9.17) is 30.0 Å². The van der Waals surface area contributed by atoms with Gasteiger partial charge in [0.05, 0.1) is 64.9 Å². The number of hydrogen-bond acceptors (Lipinski definition) is 6. The second-order valence-electron chi connectivity index (χ2n) is 6.72. The van der Waals surface area contributed by atoms with Gasteiger partial charge in [0.1, 0.15) is 0 Å². The molecule has 0 fully saturated rings. The van der Waals surface area contributed by atoms with E-state index in [9.17, 15) is 0 Å². The van der Waals surface area contributed by atoms with Crippen molar-refractivity contribution in [3.05, 3.63) is 92.7 Å². The van der Waals surface area contributed by atoms with Crippen LogP contribution in [0.1, 0.15) is 11.1 Å². The Kier molecular flexibility index (Phi) is 13.0. The van der Waals surface area contributed by atoms with Crippen LogP contribution in [0.25, 0.3) is 20.9 Å². The number of benzene rings is 2. The number of nitrogens with zero attached hydrogens (tertiary/aromatic N) is 6. The summed E-state index contributed by atoms with van der Waals surface area (Å²) in [6, 6.07) is 19.6. The first-order chi connectivity index (χ1) is 15.8. The molecule has 0 aliphatic heterocycles. The molecule has 170 valence electrons. The summed E-state index contributed by atoms with van der Waals surface area (Å²) in [5.41, 5.74) is 19.5. The van der Waals surface area contributed by atoms with Crippen LogP contribution >= 0.6 is 0 Å². The van der Waals surface area contributed by atoms with Gasteiger partial charge in [-0.1, -0.05) is 70.9 Å². The van der Waals surface area contributed by atoms with Gasteiger partial charge in [0.2, 0.25) is 0 Å². The minimum absolute atomic E-state index is 0.0473. The lowest BCUT2D eigenvalue weighted by molar-refractivity contribution is -0.0876. The SMILES string of the molecule is [N-]=[N+]=NC[C@H](OCCOCc1ccccc1)[C@H](CN=[N+]=[N-])OCCOCc1ccccc1. The lowest BCUT2D eigenvalue weighted by Crippen LogP contribution is -2.38. The summed E-state index contributed by atoms with van der Waals surface area (Å²) in [4.78, 5) is 5.59. The standard InChI is InChI=1S/C22H28N6O4/c23-27-25-15-21(31-13-11-29-17-19-7-3-1-4-8-19)22(16-26-28-24)32-14-12-30-18-20-9-5-2-6-10-20/h1-10,21-22H,11-18H2/t21-,22-/m0/s1. The van der Waals surface area contributed by atoms with Gasteiger partial charge in [-0.05, 0) is 22.2 Å². The van der Waals surface area contributed by atoms with E-state index >= 15 is 0 Å². The summed E-state index contributed by atoms with van der Waals surface area (Å²) < 4.78 is 22.9. The summed E-state index contributed by atoms with van der Waals surface area (Å²) in [5, 5.41) is 7.20. The molecule has 0 aliphatic rings. The van der Waals surface area contributed by atoms with E-state index in [-0.39, 0.29) is 26.3 Å². The van der Waals surface area contributed by atoms with E-state index in [2.05, 4.69) is 20.1 Å². The lowest BCUT2D eigenvalue weighted by Gasteiger charge is -2.25. The molecule has 0 aliphatic carbocycles. The molecule has 0 bridgehead atoms. The molecule has 0 N–H and O–H groups in total. The molecule has 0 radical (unpaired) electrons. The normalized spacial score (nSPS) is 12.4. The second kappa shape index (κ2) is 16.6. The first-order valence-corrected chi connectivity index (χ1v) is 10.3. The minimum atomic E-state index is -0.578. The highest BCUT2D eigenvalue weighted by molar-refractivity contribution is 5.14. The van der Waals surface area contributed by atoms with Crippen molar-refractivity contribution in [2.24, 2.45) is 10.2 Å². The average molecular weight is 441 g/mol. The Balaban J connectivity index is 1.77. The maximum atomic E-state index is 8.70. The molecule has 0 spiro atoms. The fourth-order valence-corrected chi connectivity index (χ4v) is 2.83. The van der Waals surface area contributed by atoms with E-state index < -0.39 is 12.2 Å². The molecule has 2 atom stereocenters. The smallest absolute Gasteiger partial charge is 0.0895 e. The van der Waals surface area contributed by atoms with Crippen LogP contribution in [0.5, 0.6) is 0 Å². The quantitative estimate of drug-likeness (QED) is 0.151. The van der Waals surface area contributed by atoms with Gasteiger partial charge in [-0.25, -0.2) is 0 Å². The lowest BCUT2D eigenvalue weighted by atomic mass is 10.2. The molecule has 0 saturated heterocycles. The van der Waals surface area contributed by atoms with Gasteiger partial charge in [-0.2, -0.15) is 0 Å². The Morgan fingerprint density at radius 1 is 0.625 bits per heavy atom. The van der Waals surface area contributed by atoms with Crippen molar-refractivity contribution >= 4 is 0 Å². The van der Waals surface area contributed by atoms with Crippen molar-refractivity contribution < 1.29 is 18.9 Å². The molecule has 0 amide bonds. The molecular weight excluding hydrogens is 412 g/mol.